The topological polar surface area (TPSA) is 58.0 Å². The van der Waals surface area contributed by atoms with E-state index in [0.29, 0.717) is 0 Å². The maximum atomic E-state index is 9.29. The third kappa shape index (κ3) is 2.65. The average molecular weight is 243 g/mol. The van der Waals surface area contributed by atoms with Gasteiger partial charge in [0.15, 0.2) is 0 Å². The molecular weight excluding hydrogens is 226 g/mol. The Hall–Kier alpha value is -1.94. The van der Waals surface area contributed by atoms with Crippen LogP contribution in [0, 0.1) is 6.92 Å². The first kappa shape index (κ1) is 12.5. The number of anilines is 1. The van der Waals surface area contributed by atoms with Crippen LogP contribution in [-0.2, 0) is 6.61 Å². The minimum Gasteiger partial charge on any atom is -0.392 e. The van der Waals surface area contributed by atoms with Gasteiger partial charge >= 0.3 is 0 Å². The Bertz CT molecular complexity index is 528. The van der Waals surface area contributed by atoms with Crippen LogP contribution in [-0.4, -0.2) is 15.1 Å². The molecule has 0 saturated heterocycles. The Balaban J connectivity index is 2.21. The quantitative estimate of drug-likeness (QED) is 0.866. The van der Waals surface area contributed by atoms with Crippen molar-refractivity contribution in [3.8, 4) is 0 Å². The predicted octanol–water partition coefficient (Wildman–Crippen LogP) is 2.45. The lowest BCUT2D eigenvalue weighted by Crippen LogP contribution is -2.12. The van der Waals surface area contributed by atoms with Crippen LogP contribution in [0.1, 0.15) is 29.9 Å². The van der Waals surface area contributed by atoms with E-state index in [1.165, 1.54) is 0 Å². The normalized spacial score (nSPS) is 12.2. The van der Waals surface area contributed by atoms with Crippen molar-refractivity contribution in [2.45, 2.75) is 26.5 Å². The molecule has 2 N–H and O–H groups in total. The van der Waals surface area contributed by atoms with Crippen molar-refractivity contribution >= 4 is 5.69 Å². The van der Waals surface area contributed by atoms with E-state index in [1.807, 2.05) is 38.1 Å². The van der Waals surface area contributed by atoms with Gasteiger partial charge in [0.1, 0.15) is 0 Å². The van der Waals surface area contributed by atoms with Gasteiger partial charge in [0, 0.05) is 23.6 Å². The Kier molecular flexibility index (Phi) is 3.89. The largest absolute Gasteiger partial charge is 0.392 e. The van der Waals surface area contributed by atoms with E-state index in [0.717, 1.165) is 22.6 Å². The SMILES string of the molecule is Cc1nccnc1C(C)Nc1ccccc1CO. The molecule has 0 fully saturated rings. The van der Waals surface area contributed by atoms with Gasteiger partial charge in [0.2, 0.25) is 0 Å². The first-order valence-corrected chi connectivity index (χ1v) is 5.95. The molecule has 1 aromatic heterocycles. The number of hydrogen-bond acceptors (Lipinski definition) is 4. The molecule has 0 aliphatic carbocycles. The summed E-state index contributed by atoms with van der Waals surface area (Å²) in [5.41, 5.74) is 3.65. The molecule has 1 atom stereocenters. The number of rotatable bonds is 4. The monoisotopic (exact) mass is 243 g/mol. The third-order valence-corrected chi connectivity index (χ3v) is 2.89. The van der Waals surface area contributed by atoms with Crippen LogP contribution in [0.5, 0.6) is 0 Å². The lowest BCUT2D eigenvalue weighted by atomic mass is 10.1. The van der Waals surface area contributed by atoms with Crippen LogP contribution in [0.25, 0.3) is 0 Å². The van der Waals surface area contributed by atoms with Crippen molar-refractivity contribution in [1.29, 1.82) is 0 Å². The van der Waals surface area contributed by atoms with Crippen LogP contribution in [0.2, 0.25) is 0 Å². The number of aromatic nitrogens is 2. The molecule has 1 unspecified atom stereocenters. The smallest absolute Gasteiger partial charge is 0.0835 e. The van der Waals surface area contributed by atoms with Crippen molar-refractivity contribution in [2.75, 3.05) is 5.32 Å². The number of hydrogen-bond donors (Lipinski definition) is 2. The average Bonchev–Trinajstić information content (AvgIpc) is 2.39. The lowest BCUT2D eigenvalue weighted by molar-refractivity contribution is 0.282. The molecule has 4 nitrogen and oxygen atoms in total. The molecule has 0 bridgehead atoms. The molecule has 4 heteroatoms. The highest BCUT2D eigenvalue weighted by Crippen LogP contribution is 2.22. The summed E-state index contributed by atoms with van der Waals surface area (Å²) >= 11 is 0. The Labute approximate surface area is 107 Å². The molecule has 0 radical (unpaired) electrons. The molecule has 0 amide bonds. The van der Waals surface area contributed by atoms with E-state index in [-0.39, 0.29) is 12.6 Å². The minimum atomic E-state index is 0.0232. The number of nitrogens with zero attached hydrogens (tertiary/aromatic N) is 2. The second-order valence-corrected chi connectivity index (χ2v) is 4.21. The standard InChI is InChI=1S/C14H17N3O/c1-10-14(16-8-7-15-10)11(2)17-13-6-4-3-5-12(13)9-18/h3-8,11,17-18H,9H2,1-2H3. The molecule has 1 heterocycles. The zero-order chi connectivity index (χ0) is 13.0. The van der Waals surface area contributed by atoms with E-state index in [1.54, 1.807) is 12.4 Å². The summed E-state index contributed by atoms with van der Waals surface area (Å²) < 4.78 is 0. The maximum Gasteiger partial charge on any atom is 0.0835 e. The van der Waals surface area contributed by atoms with E-state index < -0.39 is 0 Å². The van der Waals surface area contributed by atoms with Gasteiger partial charge in [-0.15, -0.1) is 0 Å². The number of para-hydroxylation sites is 1. The molecule has 94 valence electrons. The van der Waals surface area contributed by atoms with Gasteiger partial charge in [0.25, 0.3) is 0 Å². The van der Waals surface area contributed by atoms with E-state index in [2.05, 4.69) is 15.3 Å². The lowest BCUT2D eigenvalue weighted by Gasteiger charge is -2.18. The molecule has 0 spiro atoms. The van der Waals surface area contributed by atoms with Crippen LogP contribution >= 0.6 is 0 Å². The molecule has 1 aromatic carbocycles. The van der Waals surface area contributed by atoms with Gasteiger partial charge < -0.3 is 10.4 Å². The number of aryl methyl sites for hydroxylation is 1. The fourth-order valence-electron chi connectivity index (χ4n) is 1.94. The highest BCUT2D eigenvalue weighted by atomic mass is 16.3. The zero-order valence-electron chi connectivity index (χ0n) is 10.6. The molecule has 0 aliphatic rings. The van der Waals surface area contributed by atoms with Gasteiger partial charge in [0.05, 0.1) is 24.0 Å². The van der Waals surface area contributed by atoms with Crippen molar-refractivity contribution in [3.05, 3.63) is 53.6 Å². The van der Waals surface area contributed by atoms with Crippen LogP contribution in [0.15, 0.2) is 36.7 Å². The minimum absolute atomic E-state index is 0.0232. The maximum absolute atomic E-state index is 9.29. The third-order valence-electron chi connectivity index (χ3n) is 2.89. The molecule has 0 saturated carbocycles. The van der Waals surface area contributed by atoms with Crippen molar-refractivity contribution < 1.29 is 5.11 Å². The van der Waals surface area contributed by atoms with Gasteiger partial charge in [-0.2, -0.15) is 0 Å². The van der Waals surface area contributed by atoms with Gasteiger partial charge in [-0.25, -0.2) is 0 Å². The number of aliphatic hydroxyl groups is 1. The first-order chi connectivity index (χ1) is 8.72. The molecular formula is C14H17N3O. The van der Waals surface area contributed by atoms with Crippen molar-refractivity contribution in [2.24, 2.45) is 0 Å². The zero-order valence-corrected chi connectivity index (χ0v) is 10.6. The Morgan fingerprint density at radius 2 is 1.94 bits per heavy atom. The number of nitrogens with one attached hydrogen (secondary N) is 1. The summed E-state index contributed by atoms with van der Waals surface area (Å²) in [5.74, 6) is 0. The highest BCUT2D eigenvalue weighted by molar-refractivity contribution is 5.52. The summed E-state index contributed by atoms with van der Waals surface area (Å²) in [7, 11) is 0. The van der Waals surface area contributed by atoms with E-state index in [4.69, 9.17) is 0 Å². The predicted molar refractivity (Wildman–Crippen MR) is 71.2 cm³/mol. The summed E-state index contributed by atoms with van der Waals surface area (Å²) in [6.07, 6.45) is 3.38. The van der Waals surface area contributed by atoms with Crippen LogP contribution in [0.3, 0.4) is 0 Å². The summed E-state index contributed by atoms with van der Waals surface area (Å²) in [4.78, 5) is 8.57. The highest BCUT2D eigenvalue weighted by Gasteiger charge is 2.11. The van der Waals surface area contributed by atoms with Gasteiger partial charge in [-0.1, -0.05) is 18.2 Å². The summed E-state index contributed by atoms with van der Waals surface area (Å²) in [6, 6.07) is 7.75. The number of benzene rings is 1. The molecule has 2 aromatic rings. The fourth-order valence-corrected chi connectivity index (χ4v) is 1.94. The molecule has 2 rings (SSSR count). The first-order valence-electron chi connectivity index (χ1n) is 5.95. The van der Waals surface area contributed by atoms with Crippen LogP contribution < -0.4 is 5.32 Å². The van der Waals surface area contributed by atoms with Crippen molar-refractivity contribution in [1.82, 2.24) is 9.97 Å². The van der Waals surface area contributed by atoms with Gasteiger partial charge in [-0.05, 0) is 19.9 Å². The second-order valence-electron chi connectivity index (χ2n) is 4.21. The summed E-state index contributed by atoms with van der Waals surface area (Å²) in [6.45, 7) is 4.00. The van der Waals surface area contributed by atoms with E-state index in [9.17, 15) is 5.11 Å². The van der Waals surface area contributed by atoms with Gasteiger partial charge in [-0.3, -0.25) is 9.97 Å². The Morgan fingerprint density at radius 3 is 2.67 bits per heavy atom. The Morgan fingerprint density at radius 1 is 1.22 bits per heavy atom. The molecule has 18 heavy (non-hydrogen) atoms. The fraction of sp³-hybridized carbons (Fsp3) is 0.286. The second kappa shape index (κ2) is 5.60. The summed E-state index contributed by atoms with van der Waals surface area (Å²) in [5, 5.41) is 12.6. The van der Waals surface area contributed by atoms with Crippen LogP contribution in [0.4, 0.5) is 5.69 Å². The van der Waals surface area contributed by atoms with E-state index >= 15 is 0 Å². The molecule has 0 aliphatic heterocycles. The van der Waals surface area contributed by atoms with Crippen molar-refractivity contribution in [3.63, 3.8) is 0 Å². The number of aliphatic hydroxyl groups excluding tert-OH is 1.